The Labute approximate surface area is 176 Å². The molecule has 2 aromatic rings. The van der Waals surface area contributed by atoms with Crippen molar-refractivity contribution in [2.24, 2.45) is 0 Å². The second kappa shape index (κ2) is 9.43. The minimum absolute atomic E-state index is 0. The van der Waals surface area contributed by atoms with E-state index in [0.717, 1.165) is 9.87 Å². The molecule has 2 heterocycles. The summed E-state index contributed by atoms with van der Waals surface area (Å²) in [7, 11) is -2.34. The lowest BCUT2D eigenvalue weighted by molar-refractivity contribution is -0.132. The average Bonchev–Trinajstić information content (AvgIpc) is 3.22. The Morgan fingerprint density at radius 1 is 1.03 bits per heavy atom. The van der Waals surface area contributed by atoms with Crippen LogP contribution in [-0.4, -0.2) is 74.1 Å². The van der Waals surface area contributed by atoms with Gasteiger partial charge in [0.2, 0.25) is 15.9 Å². The van der Waals surface area contributed by atoms with Crippen molar-refractivity contribution in [3.05, 3.63) is 54.0 Å². The molecule has 1 aromatic carbocycles. The fraction of sp³-hybridized carbons (Fsp3) is 0.368. The zero-order valence-corrected chi connectivity index (χ0v) is 17.8. The summed E-state index contributed by atoms with van der Waals surface area (Å²) in [5, 5.41) is 0. The third-order valence-corrected chi connectivity index (χ3v) is 6.56. The molecular formula is C19H23ClN3O5S-. The Hall–Kier alpha value is -2.36. The maximum absolute atomic E-state index is 12.6. The molecule has 10 heteroatoms. The maximum Gasteiger partial charge on any atom is 0.289 e. The number of halogens is 1. The summed E-state index contributed by atoms with van der Waals surface area (Å²) >= 11 is 0. The zero-order valence-electron chi connectivity index (χ0n) is 16.2. The fourth-order valence-electron chi connectivity index (χ4n) is 2.98. The van der Waals surface area contributed by atoms with Crippen LogP contribution in [0, 0.1) is 6.92 Å². The van der Waals surface area contributed by atoms with Crippen molar-refractivity contribution in [3.8, 4) is 0 Å². The van der Waals surface area contributed by atoms with E-state index >= 15 is 0 Å². The standard InChI is InChI=1S/C19H23N3O5S.ClH/c1-15-5-7-16(8-6-15)28(25,26)20(2)14-18(23)21-9-11-22(12-10-21)19(24)17-4-3-13-27-17;/h3-8,13H,9-12,14H2,1-2H3;1H/p-1. The number of benzene rings is 1. The van der Waals surface area contributed by atoms with E-state index in [2.05, 4.69) is 0 Å². The largest absolute Gasteiger partial charge is 1.00 e. The minimum atomic E-state index is -3.73. The van der Waals surface area contributed by atoms with Crippen molar-refractivity contribution in [2.45, 2.75) is 11.8 Å². The molecule has 0 spiro atoms. The summed E-state index contributed by atoms with van der Waals surface area (Å²) in [4.78, 5) is 28.2. The molecule has 0 atom stereocenters. The van der Waals surface area contributed by atoms with Crippen molar-refractivity contribution in [3.63, 3.8) is 0 Å². The summed E-state index contributed by atoms with van der Waals surface area (Å²) in [6, 6.07) is 9.76. The molecule has 0 unspecified atom stereocenters. The molecule has 3 rings (SSSR count). The molecule has 0 bridgehead atoms. The van der Waals surface area contributed by atoms with E-state index in [0.29, 0.717) is 26.2 Å². The molecule has 0 saturated carbocycles. The number of carbonyl (C=O) groups excluding carboxylic acids is 2. The fourth-order valence-corrected chi connectivity index (χ4v) is 4.10. The first-order chi connectivity index (χ1) is 13.3. The number of aryl methyl sites for hydroxylation is 1. The second-order valence-electron chi connectivity index (χ2n) is 6.72. The van der Waals surface area contributed by atoms with Gasteiger partial charge in [-0.1, -0.05) is 17.7 Å². The average molecular weight is 441 g/mol. The van der Waals surface area contributed by atoms with E-state index in [4.69, 9.17) is 4.42 Å². The van der Waals surface area contributed by atoms with Crippen LogP contribution in [0.2, 0.25) is 0 Å². The Bertz CT molecular complexity index is 937. The highest BCUT2D eigenvalue weighted by Crippen LogP contribution is 2.16. The smallest absolute Gasteiger partial charge is 0.289 e. The van der Waals surface area contributed by atoms with E-state index in [1.165, 1.54) is 25.4 Å². The van der Waals surface area contributed by atoms with Gasteiger partial charge in [0.05, 0.1) is 17.7 Å². The molecule has 158 valence electrons. The topological polar surface area (TPSA) is 91.1 Å². The number of sulfonamides is 1. The molecule has 29 heavy (non-hydrogen) atoms. The van der Waals surface area contributed by atoms with Crippen molar-refractivity contribution < 1.29 is 34.8 Å². The van der Waals surface area contributed by atoms with Crippen LogP contribution in [0.5, 0.6) is 0 Å². The molecule has 0 radical (unpaired) electrons. The Kier molecular flexibility index (Phi) is 7.45. The van der Waals surface area contributed by atoms with Gasteiger partial charge in [-0.15, -0.1) is 0 Å². The Morgan fingerprint density at radius 3 is 2.17 bits per heavy atom. The zero-order chi connectivity index (χ0) is 20.3. The number of hydrogen-bond acceptors (Lipinski definition) is 5. The van der Waals surface area contributed by atoms with Gasteiger partial charge in [0.15, 0.2) is 5.76 Å². The summed E-state index contributed by atoms with van der Waals surface area (Å²) in [6.07, 6.45) is 1.44. The number of amides is 2. The number of piperazine rings is 1. The third-order valence-electron chi connectivity index (χ3n) is 4.74. The number of furan rings is 1. The van der Waals surface area contributed by atoms with Gasteiger partial charge in [0.1, 0.15) is 0 Å². The first-order valence-corrected chi connectivity index (χ1v) is 10.4. The van der Waals surface area contributed by atoms with Gasteiger partial charge in [0, 0.05) is 33.2 Å². The molecule has 1 aromatic heterocycles. The van der Waals surface area contributed by atoms with Gasteiger partial charge in [-0.05, 0) is 31.2 Å². The van der Waals surface area contributed by atoms with Crippen LogP contribution in [-0.2, 0) is 14.8 Å². The molecule has 0 aliphatic carbocycles. The quantitative estimate of drug-likeness (QED) is 0.547. The number of rotatable bonds is 5. The van der Waals surface area contributed by atoms with E-state index < -0.39 is 10.0 Å². The van der Waals surface area contributed by atoms with E-state index in [-0.39, 0.29) is 41.4 Å². The first kappa shape index (κ1) is 22.9. The molecule has 1 aliphatic rings. The summed E-state index contributed by atoms with van der Waals surface area (Å²) < 4.78 is 31.4. The first-order valence-electron chi connectivity index (χ1n) is 8.92. The van der Waals surface area contributed by atoms with Crippen molar-refractivity contribution in [1.29, 1.82) is 0 Å². The lowest BCUT2D eigenvalue weighted by atomic mass is 10.2. The van der Waals surface area contributed by atoms with Crippen LogP contribution in [0.25, 0.3) is 0 Å². The molecule has 1 fully saturated rings. The van der Waals surface area contributed by atoms with Gasteiger partial charge in [0.25, 0.3) is 5.91 Å². The summed E-state index contributed by atoms with van der Waals surface area (Å²) in [6.45, 7) is 3.08. The van der Waals surface area contributed by atoms with Crippen molar-refractivity contribution >= 4 is 21.8 Å². The molecular weight excluding hydrogens is 418 g/mol. The van der Waals surface area contributed by atoms with Gasteiger partial charge >= 0.3 is 0 Å². The summed E-state index contributed by atoms with van der Waals surface area (Å²) in [5.41, 5.74) is 0.958. The van der Waals surface area contributed by atoms with E-state index in [1.807, 2.05) is 6.92 Å². The molecule has 1 aliphatic heterocycles. The monoisotopic (exact) mass is 440 g/mol. The highest BCUT2D eigenvalue weighted by molar-refractivity contribution is 7.89. The number of likely N-dealkylation sites (N-methyl/N-ethyl adjacent to an activating group) is 1. The predicted octanol–water partition coefficient (Wildman–Crippen LogP) is -1.80. The molecule has 8 nitrogen and oxygen atoms in total. The van der Waals surface area contributed by atoms with Crippen LogP contribution in [0.3, 0.4) is 0 Å². The van der Waals surface area contributed by atoms with Crippen molar-refractivity contribution in [1.82, 2.24) is 14.1 Å². The number of hydrogen-bond donors (Lipinski definition) is 0. The van der Waals surface area contributed by atoms with Crippen molar-refractivity contribution in [2.75, 3.05) is 39.8 Å². The van der Waals surface area contributed by atoms with E-state index in [1.54, 1.807) is 34.1 Å². The highest BCUT2D eigenvalue weighted by Gasteiger charge is 2.29. The second-order valence-corrected chi connectivity index (χ2v) is 8.77. The normalized spacial score (nSPS) is 14.6. The predicted molar refractivity (Wildman–Crippen MR) is 102 cm³/mol. The van der Waals surface area contributed by atoms with Crippen LogP contribution in [0.4, 0.5) is 0 Å². The van der Waals surface area contributed by atoms with Crippen LogP contribution >= 0.6 is 0 Å². The Morgan fingerprint density at radius 2 is 1.62 bits per heavy atom. The van der Waals surface area contributed by atoms with E-state index in [9.17, 15) is 18.0 Å². The summed E-state index contributed by atoms with van der Waals surface area (Å²) in [5.74, 6) is -0.233. The number of nitrogens with zero attached hydrogens (tertiary/aromatic N) is 3. The number of carbonyl (C=O) groups is 2. The molecule has 0 N–H and O–H groups in total. The lowest BCUT2D eigenvalue weighted by Gasteiger charge is -2.35. The maximum atomic E-state index is 12.6. The Balaban J connectivity index is 0.00000300. The highest BCUT2D eigenvalue weighted by atomic mass is 35.5. The van der Waals surface area contributed by atoms with Gasteiger partial charge in [-0.25, -0.2) is 8.42 Å². The molecule has 1 saturated heterocycles. The van der Waals surface area contributed by atoms with Gasteiger partial charge in [-0.3, -0.25) is 9.59 Å². The van der Waals surface area contributed by atoms with Gasteiger partial charge < -0.3 is 26.6 Å². The van der Waals surface area contributed by atoms with Crippen LogP contribution in [0.1, 0.15) is 16.1 Å². The third kappa shape index (κ3) is 5.17. The van der Waals surface area contributed by atoms with Gasteiger partial charge in [-0.2, -0.15) is 4.31 Å². The SMILES string of the molecule is Cc1ccc(S(=O)(=O)N(C)CC(=O)N2CCN(C(=O)c3ccco3)CC2)cc1.[Cl-]. The van der Waals surface area contributed by atoms with Crippen LogP contribution in [0.15, 0.2) is 52.0 Å². The van der Waals surface area contributed by atoms with Crippen LogP contribution < -0.4 is 12.4 Å². The minimum Gasteiger partial charge on any atom is -1.00 e. The molecule has 2 amide bonds. The lowest BCUT2D eigenvalue weighted by Crippen LogP contribution is -3.00.